The second kappa shape index (κ2) is 6.20. The molecule has 3 nitrogen and oxygen atoms in total. The van der Waals surface area contributed by atoms with Gasteiger partial charge in [0.05, 0.1) is 16.6 Å². The van der Waals surface area contributed by atoms with Gasteiger partial charge in [-0.3, -0.25) is 0 Å². The minimum Gasteiger partial charge on any atom is -0.306 e. The fraction of sp³-hybridized carbons (Fsp3) is 0.500. The van der Waals surface area contributed by atoms with E-state index >= 15 is 0 Å². The first-order valence-corrected chi connectivity index (χ1v) is 7.94. The van der Waals surface area contributed by atoms with Crippen LogP contribution in [0, 0.1) is 12.7 Å². The molecule has 2 rings (SSSR count). The number of benzene rings is 1. The highest BCUT2D eigenvalue weighted by Gasteiger charge is 2.29. The maximum atomic E-state index is 14.3. The third-order valence-corrected chi connectivity index (χ3v) is 4.15. The van der Waals surface area contributed by atoms with Crippen molar-refractivity contribution >= 4 is 11.5 Å². The monoisotopic (exact) mass is 307 g/mol. The number of aryl methyl sites for hydroxylation is 1. The lowest BCUT2D eigenvalue weighted by Gasteiger charge is -2.23. The minimum absolute atomic E-state index is 0.115. The third kappa shape index (κ3) is 3.47. The third-order valence-electron chi connectivity index (χ3n) is 3.36. The molecule has 21 heavy (non-hydrogen) atoms. The van der Waals surface area contributed by atoms with E-state index in [4.69, 9.17) is 0 Å². The van der Waals surface area contributed by atoms with Crippen LogP contribution in [0.15, 0.2) is 18.2 Å². The van der Waals surface area contributed by atoms with Crippen molar-refractivity contribution in [1.82, 2.24) is 14.9 Å². The number of nitrogens with one attached hydrogen (secondary N) is 1. The zero-order valence-electron chi connectivity index (χ0n) is 13.2. The van der Waals surface area contributed by atoms with Crippen LogP contribution in [0.4, 0.5) is 4.39 Å². The molecule has 1 atom stereocenters. The first kappa shape index (κ1) is 16.0. The van der Waals surface area contributed by atoms with Crippen LogP contribution in [0.1, 0.15) is 55.4 Å². The van der Waals surface area contributed by atoms with Gasteiger partial charge in [0, 0.05) is 11.0 Å². The predicted molar refractivity (Wildman–Crippen MR) is 85.3 cm³/mol. The predicted octanol–water partition coefficient (Wildman–Crippen LogP) is 3.98. The molecule has 0 saturated carbocycles. The molecule has 0 aliphatic rings. The topological polar surface area (TPSA) is 37.8 Å². The maximum Gasteiger partial charge on any atom is 0.128 e. The van der Waals surface area contributed by atoms with Crippen molar-refractivity contribution in [1.29, 1.82) is 0 Å². The van der Waals surface area contributed by atoms with Crippen molar-refractivity contribution in [2.75, 3.05) is 6.54 Å². The normalized spacial score (nSPS) is 13.4. The Hall–Kier alpha value is -1.33. The van der Waals surface area contributed by atoms with Gasteiger partial charge in [-0.2, -0.15) is 0 Å². The van der Waals surface area contributed by atoms with E-state index in [1.54, 1.807) is 6.07 Å². The Labute approximate surface area is 129 Å². The Morgan fingerprint density at radius 2 is 2.05 bits per heavy atom. The Morgan fingerprint density at radius 3 is 2.67 bits per heavy atom. The van der Waals surface area contributed by atoms with Gasteiger partial charge in [0.1, 0.15) is 5.82 Å². The SMILES string of the molecule is CCNC(c1cc(C)ccc1F)c1snnc1C(C)(C)C. The van der Waals surface area contributed by atoms with E-state index in [1.165, 1.54) is 17.6 Å². The van der Waals surface area contributed by atoms with Gasteiger partial charge >= 0.3 is 0 Å². The minimum atomic E-state index is -0.205. The maximum absolute atomic E-state index is 14.3. The zero-order chi connectivity index (χ0) is 15.6. The first-order valence-electron chi connectivity index (χ1n) is 7.16. The van der Waals surface area contributed by atoms with Crippen LogP contribution in [0.2, 0.25) is 0 Å². The molecule has 0 spiro atoms. The molecule has 1 aromatic heterocycles. The number of aromatic nitrogens is 2. The van der Waals surface area contributed by atoms with E-state index in [2.05, 4.69) is 35.7 Å². The van der Waals surface area contributed by atoms with Crippen LogP contribution in [-0.2, 0) is 5.41 Å². The van der Waals surface area contributed by atoms with Gasteiger partial charge in [0.15, 0.2) is 0 Å². The van der Waals surface area contributed by atoms with Gasteiger partial charge in [-0.25, -0.2) is 4.39 Å². The zero-order valence-corrected chi connectivity index (χ0v) is 14.0. The highest BCUT2D eigenvalue weighted by molar-refractivity contribution is 7.05. The summed E-state index contributed by atoms with van der Waals surface area (Å²) in [6.45, 7) is 11.0. The lowest BCUT2D eigenvalue weighted by Crippen LogP contribution is -2.26. The van der Waals surface area contributed by atoms with E-state index < -0.39 is 0 Å². The molecule has 2 aromatic rings. The summed E-state index contributed by atoms with van der Waals surface area (Å²) in [5.41, 5.74) is 2.52. The Morgan fingerprint density at radius 1 is 1.33 bits per heavy atom. The van der Waals surface area contributed by atoms with Gasteiger partial charge in [-0.15, -0.1) is 5.10 Å². The van der Waals surface area contributed by atoms with Crippen molar-refractivity contribution < 1.29 is 4.39 Å². The van der Waals surface area contributed by atoms with Gasteiger partial charge in [-0.1, -0.05) is 49.9 Å². The van der Waals surface area contributed by atoms with E-state index in [-0.39, 0.29) is 17.3 Å². The summed E-state index contributed by atoms with van der Waals surface area (Å²) < 4.78 is 18.4. The summed E-state index contributed by atoms with van der Waals surface area (Å²) in [5, 5.41) is 7.65. The summed E-state index contributed by atoms with van der Waals surface area (Å²) in [4.78, 5) is 0.994. The van der Waals surface area contributed by atoms with Crippen molar-refractivity contribution in [2.24, 2.45) is 0 Å². The smallest absolute Gasteiger partial charge is 0.128 e. The van der Waals surface area contributed by atoms with E-state index in [0.29, 0.717) is 5.56 Å². The van der Waals surface area contributed by atoms with Crippen molar-refractivity contribution in [3.8, 4) is 0 Å². The molecule has 5 heteroatoms. The summed E-state index contributed by atoms with van der Waals surface area (Å²) in [6, 6.07) is 5.01. The highest BCUT2D eigenvalue weighted by atomic mass is 32.1. The second-order valence-electron chi connectivity index (χ2n) is 6.25. The van der Waals surface area contributed by atoms with Crippen molar-refractivity contribution in [2.45, 2.75) is 46.1 Å². The molecule has 0 aliphatic heterocycles. The molecule has 0 bridgehead atoms. The number of rotatable bonds is 4. The number of hydrogen-bond acceptors (Lipinski definition) is 4. The van der Waals surface area contributed by atoms with Crippen LogP contribution in [0.5, 0.6) is 0 Å². The molecule has 1 aromatic carbocycles. The van der Waals surface area contributed by atoms with Crippen LogP contribution in [-0.4, -0.2) is 16.1 Å². The molecule has 114 valence electrons. The van der Waals surface area contributed by atoms with E-state index in [0.717, 1.165) is 22.7 Å². The number of hydrogen-bond donors (Lipinski definition) is 1. The molecule has 0 radical (unpaired) electrons. The van der Waals surface area contributed by atoms with Crippen LogP contribution in [0.3, 0.4) is 0 Å². The van der Waals surface area contributed by atoms with Crippen LogP contribution < -0.4 is 5.32 Å². The molecular formula is C16H22FN3S. The summed E-state index contributed by atoms with van der Waals surface area (Å²) >= 11 is 1.34. The molecule has 1 heterocycles. The van der Waals surface area contributed by atoms with Crippen LogP contribution >= 0.6 is 11.5 Å². The fourth-order valence-electron chi connectivity index (χ4n) is 2.34. The number of halogens is 1. The Bertz CT molecular complexity index is 616. The van der Waals surface area contributed by atoms with Gasteiger partial charge < -0.3 is 5.32 Å². The average Bonchev–Trinajstić information content (AvgIpc) is 2.88. The first-order chi connectivity index (χ1) is 9.84. The quantitative estimate of drug-likeness (QED) is 0.928. The molecule has 0 saturated heterocycles. The van der Waals surface area contributed by atoms with Crippen molar-refractivity contribution in [3.05, 3.63) is 45.7 Å². The Balaban J connectivity index is 2.54. The second-order valence-corrected chi connectivity index (χ2v) is 7.04. The molecule has 0 aliphatic carbocycles. The number of nitrogens with zero attached hydrogens (tertiary/aromatic N) is 2. The lowest BCUT2D eigenvalue weighted by atomic mass is 9.88. The van der Waals surface area contributed by atoms with E-state index in [9.17, 15) is 4.39 Å². The summed E-state index contributed by atoms with van der Waals surface area (Å²) in [5.74, 6) is -0.195. The largest absolute Gasteiger partial charge is 0.306 e. The summed E-state index contributed by atoms with van der Waals surface area (Å²) in [7, 11) is 0. The van der Waals surface area contributed by atoms with E-state index in [1.807, 2.05) is 19.9 Å². The van der Waals surface area contributed by atoms with Gasteiger partial charge in [0.25, 0.3) is 0 Å². The van der Waals surface area contributed by atoms with Gasteiger partial charge in [0.2, 0.25) is 0 Å². The molecule has 1 unspecified atom stereocenters. The molecule has 1 N–H and O–H groups in total. The summed E-state index contributed by atoms with van der Waals surface area (Å²) in [6.07, 6.45) is 0. The molecule has 0 fully saturated rings. The average molecular weight is 307 g/mol. The standard InChI is InChI=1S/C16H22FN3S/c1-6-18-13(11-9-10(2)7-8-12(11)17)14-15(16(3,4)5)19-20-21-14/h7-9,13,18H,6H2,1-5H3. The Kier molecular flexibility index (Phi) is 4.74. The molecular weight excluding hydrogens is 285 g/mol. The molecule has 0 amide bonds. The fourth-order valence-corrected chi connectivity index (χ4v) is 3.30. The van der Waals surface area contributed by atoms with Crippen molar-refractivity contribution in [3.63, 3.8) is 0 Å². The lowest BCUT2D eigenvalue weighted by molar-refractivity contribution is 0.528. The van der Waals surface area contributed by atoms with Gasteiger partial charge in [-0.05, 0) is 31.1 Å². The van der Waals surface area contributed by atoms with Crippen LogP contribution in [0.25, 0.3) is 0 Å². The highest BCUT2D eigenvalue weighted by Crippen LogP contribution is 2.34.